The van der Waals surface area contributed by atoms with Gasteiger partial charge in [0, 0.05) is 22.9 Å². The molecule has 3 aromatic rings. The molecule has 0 bridgehead atoms. The number of amides is 2. The first-order chi connectivity index (χ1) is 16.0. The first kappa shape index (κ1) is 22.1. The lowest BCUT2D eigenvalue weighted by Crippen LogP contribution is -2.26. The molecular weight excluding hydrogens is 420 g/mol. The van der Waals surface area contributed by atoms with E-state index in [4.69, 9.17) is 9.47 Å². The van der Waals surface area contributed by atoms with E-state index < -0.39 is 18.0 Å². The smallest absolute Gasteiger partial charge is 0.339 e. The van der Waals surface area contributed by atoms with Crippen molar-refractivity contribution in [2.75, 3.05) is 17.7 Å². The average Bonchev–Trinajstić information content (AvgIpc) is 3.69. The van der Waals surface area contributed by atoms with Gasteiger partial charge in [-0.1, -0.05) is 30.3 Å². The molecule has 0 aromatic heterocycles. The van der Waals surface area contributed by atoms with Crippen LogP contribution in [0, 0.1) is 5.92 Å². The standard InChI is InChI=1S/C26H24N2O5/c1-32-22-15-13-21(14-16-22)28-25(30)23(17-5-3-2-4-6-17)33-26(31)19-9-11-20(12-10-19)27-24(29)18-7-8-18/h2-6,9-16,18,23H,7-8H2,1H3,(H,27,29)(H,28,30). The third kappa shape index (κ3) is 5.77. The van der Waals surface area contributed by atoms with E-state index in [2.05, 4.69) is 10.6 Å². The van der Waals surface area contributed by atoms with E-state index in [0.29, 0.717) is 22.7 Å². The van der Waals surface area contributed by atoms with Gasteiger partial charge in [-0.05, 0) is 61.4 Å². The Balaban J connectivity index is 1.47. The van der Waals surface area contributed by atoms with Crippen LogP contribution in [0.2, 0.25) is 0 Å². The predicted molar refractivity (Wildman–Crippen MR) is 124 cm³/mol. The van der Waals surface area contributed by atoms with Crippen LogP contribution in [0.25, 0.3) is 0 Å². The second-order valence-corrected chi connectivity index (χ2v) is 7.75. The van der Waals surface area contributed by atoms with Crippen LogP contribution in [0.1, 0.15) is 34.9 Å². The highest BCUT2D eigenvalue weighted by Gasteiger charge is 2.30. The topological polar surface area (TPSA) is 93.7 Å². The molecule has 4 rings (SSSR count). The molecule has 1 fully saturated rings. The SMILES string of the molecule is COc1ccc(NC(=O)C(OC(=O)c2ccc(NC(=O)C3CC3)cc2)c2ccccc2)cc1. The number of ether oxygens (including phenoxy) is 2. The number of rotatable bonds is 8. The summed E-state index contributed by atoms with van der Waals surface area (Å²) < 4.78 is 10.7. The Labute approximate surface area is 191 Å². The van der Waals surface area contributed by atoms with Gasteiger partial charge < -0.3 is 20.1 Å². The van der Waals surface area contributed by atoms with Gasteiger partial charge in [0.15, 0.2) is 0 Å². The van der Waals surface area contributed by atoms with E-state index in [1.807, 2.05) is 6.07 Å². The van der Waals surface area contributed by atoms with E-state index in [1.165, 1.54) is 0 Å². The summed E-state index contributed by atoms with van der Waals surface area (Å²) in [7, 11) is 1.56. The van der Waals surface area contributed by atoms with Crippen LogP contribution in [0.15, 0.2) is 78.9 Å². The third-order valence-corrected chi connectivity index (χ3v) is 5.26. The van der Waals surface area contributed by atoms with Crippen LogP contribution < -0.4 is 15.4 Å². The number of carbonyl (C=O) groups excluding carboxylic acids is 3. The molecule has 3 aromatic carbocycles. The number of esters is 1. The summed E-state index contributed by atoms with van der Waals surface area (Å²) in [6.07, 6.45) is 0.681. The van der Waals surface area contributed by atoms with Gasteiger partial charge in [-0.25, -0.2) is 4.79 Å². The van der Waals surface area contributed by atoms with Crippen molar-refractivity contribution in [2.24, 2.45) is 5.92 Å². The fourth-order valence-electron chi connectivity index (χ4n) is 3.24. The lowest BCUT2D eigenvalue weighted by molar-refractivity contribution is -0.125. The molecule has 2 amide bonds. The minimum absolute atomic E-state index is 0.00956. The summed E-state index contributed by atoms with van der Waals surface area (Å²) in [5.41, 5.74) is 1.98. The van der Waals surface area contributed by atoms with Crippen LogP contribution >= 0.6 is 0 Å². The summed E-state index contributed by atoms with van der Waals surface area (Å²) in [6, 6.07) is 22.1. The Morgan fingerprint density at radius 1 is 0.818 bits per heavy atom. The van der Waals surface area contributed by atoms with Gasteiger partial charge in [0.1, 0.15) is 5.75 Å². The predicted octanol–water partition coefficient (Wildman–Crippen LogP) is 4.58. The second-order valence-electron chi connectivity index (χ2n) is 7.75. The molecule has 1 atom stereocenters. The molecule has 1 aliphatic rings. The quantitative estimate of drug-likeness (QED) is 0.496. The zero-order chi connectivity index (χ0) is 23.2. The Hall–Kier alpha value is -4.13. The van der Waals surface area contributed by atoms with Gasteiger partial charge >= 0.3 is 5.97 Å². The number of anilines is 2. The minimum atomic E-state index is -1.14. The summed E-state index contributed by atoms with van der Waals surface area (Å²) in [6.45, 7) is 0. The second kappa shape index (κ2) is 9.99. The van der Waals surface area contributed by atoms with Crippen LogP contribution in [-0.2, 0) is 14.3 Å². The summed E-state index contributed by atoms with van der Waals surface area (Å²) in [5.74, 6) is -0.382. The number of benzene rings is 3. The van der Waals surface area contributed by atoms with Gasteiger partial charge in [0.25, 0.3) is 5.91 Å². The molecule has 0 heterocycles. The molecule has 168 valence electrons. The monoisotopic (exact) mass is 444 g/mol. The normalized spacial score (nSPS) is 13.5. The van der Waals surface area contributed by atoms with E-state index in [1.54, 1.807) is 79.9 Å². The number of nitrogens with one attached hydrogen (secondary N) is 2. The van der Waals surface area contributed by atoms with Crippen molar-refractivity contribution >= 4 is 29.2 Å². The Kier molecular flexibility index (Phi) is 6.69. The molecule has 0 spiro atoms. The molecule has 1 aliphatic carbocycles. The molecule has 33 heavy (non-hydrogen) atoms. The van der Waals surface area contributed by atoms with Gasteiger partial charge in [-0.2, -0.15) is 0 Å². The highest BCUT2D eigenvalue weighted by Crippen LogP contribution is 2.30. The largest absolute Gasteiger partial charge is 0.497 e. The maximum Gasteiger partial charge on any atom is 0.339 e. The van der Waals surface area contributed by atoms with E-state index in [0.717, 1.165) is 12.8 Å². The van der Waals surface area contributed by atoms with Crippen molar-refractivity contribution in [3.05, 3.63) is 90.0 Å². The van der Waals surface area contributed by atoms with Gasteiger partial charge in [0.2, 0.25) is 12.0 Å². The molecule has 0 saturated heterocycles. The van der Waals surface area contributed by atoms with Crippen molar-refractivity contribution in [1.29, 1.82) is 0 Å². The zero-order valence-electron chi connectivity index (χ0n) is 18.1. The first-order valence-corrected chi connectivity index (χ1v) is 10.7. The molecule has 0 radical (unpaired) electrons. The maximum absolute atomic E-state index is 13.0. The summed E-state index contributed by atoms with van der Waals surface area (Å²) in [5, 5.41) is 5.60. The number of hydrogen-bond donors (Lipinski definition) is 2. The first-order valence-electron chi connectivity index (χ1n) is 10.7. The van der Waals surface area contributed by atoms with Crippen LogP contribution in [0.3, 0.4) is 0 Å². The molecule has 0 aliphatic heterocycles. The van der Waals surface area contributed by atoms with E-state index in [9.17, 15) is 14.4 Å². The van der Waals surface area contributed by atoms with Crippen molar-refractivity contribution in [3.8, 4) is 5.75 Å². The Morgan fingerprint density at radius 3 is 2.03 bits per heavy atom. The van der Waals surface area contributed by atoms with E-state index in [-0.39, 0.29) is 17.4 Å². The maximum atomic E-state index is 13.0. The lowest BCUT2D eigenvalue weighted by atomic mass is 10.1. The zero-order valence-corrected chi connectivity index (χ0v) is 18.1. The van der Waals surface area contributed by atoms with Crippen molar-refractivity contribution in [1.82, 2.24) is 0 Å². The fourth-order valence-corrected chi connectivity index (χ4v) is 3.24. The number of methoxy groups -OCH3 is 1. The molecular formula is C26H24N2O5. The molecule has 1 saturated carbocycles. The van der Waals surface area contributed by atoms with Crippen LogP contribution in [0.4, 0.5) is 11.4 Å². The minimum Gasteiger partial charge on any atom is -0.497 e. The average molecular weight is 444 g/mol. The molecule has 7 nitrogen and oxygen atoms in total. The Morgan fingerprint density at radius 2 is 1.42 bits per heavy atom. The number of carbonyl (C=O) groups is 3. The highest BCUT2D eigenvalue weighted by molar-refractivity contribution is 5.99. The van der Waals surface area contributed by atoms with Crippen LogP contribution in [0.5, 0.6) is 5.75 Å². The van der Waals surface area contributed by atoms with Crippen molar-refractivity contribution < 1.29 is 23.9 Å². The lowest BCUT2D eigenvalue weighted by Gasteiger charge is -2.18. The highest BCUT2D eigenvalue weighted by atomic mass is 16.5. The van der Waals surface area contributed by atoms with Crippen LogP contribution in [-0.4, -0.2) is 24.9 Å². The van der Waals surface area contributed by atoms with Gasteiger partial charge in [-0.3, -0.25) is 9.59 Å². The Bertz CT molecular complexity index is 1120. The summed E-state index contributed by atoms with van der Waals surface area (Å²) in [4.78, 5) is 37.7. The van der Waals surface area contributed by atoms with Crippen molar-refractivity contribution in [3.63, 3.8) is 0 Å². The third-order valence-electron chi connectivity index (χ3n) is 5.26. The van der Waals surface area contributed by atoms with Crippen molar-refractivity contribution in [2.45, 2.75) is 18.9 Å². The van der Waals surface area contributed by atoms with Gasteiger partial charge in [0.05, 0.1) is 12.7 Å². The van der Waals surface area contributed by atoms with E-state index >= 15 is 0 Å². The molecule has 1 unspecified atom stereocenters. The fraction of sp³-hybridized carbons (Fsp3) is 0.192. The molecule has 7 heteroatoms. The van der Waals surface area contributed by atoms with Gasteiger partial charge in [-0.15, -0.1) is 0 Å². The molecule has 2 N–H and O–H groups in total. The summed E-state index contributed by atoms with van der Waals surface area (Å²) >= 11 is 0. The number of hydrogen-bond acceptors (Lipinski definition) is 5.